The number of aryl methyl sites for hydroxylation is 1. The van der Waals surface area contributed by atoms with Crippen LogP contribution < -0.4 is 0 Å². The summed E-state index contributed by atoms with van der Waals surface area (Å²) in [5.74, 6) is 0.0610. The first-order valence-corrected chi connectivity index (χ1v) is 28.2. The Morgan fingerprint density at radius 2 is 1.20 bits per heavy atom. The fraction of sp³-hybridized carbons (Fsp3) is 0.0854. The van der Waals surface area contributed by atoms with Crippen molar-refractivity contribution >= 4 is 39.6 Å². The lowest BCUT2D eigenvalue weighted by Crippen LogP contribution is -1.99. The molecule has 0 heteroatoms. The van der Waals surface area contributed by atoms with E-state index in [1.807, 2.05) is 60.7 Å². The van der Waals surface area contributed by atoms with Gasteiger partial charge in [0.25, 0.3) is 0 Å². The molecule has 0 heterocycles. The molecule has 8 aromatic carbocycles. The van der Waals surface area contributed by atoms with Crippen molar-refractivity contribution in [1.82, 2.24) is 0 Å². The van der Waals surface area contributed by atoms with E-state index in [2.05, 4.69) is 266 Å². The van der Waals surface area contributed by atoms with Crippen LogP contribution in [-0.4, -0.2) is 0 Å². The van der Waals surface area contributed by atoms with E-state index in [0.717, 1.165) is 51.0 Å². The lowest BCUT2D eigenvalue weighted by Gasteiger charge is -2.23. The molecule has 0 nitrogen and oxygen atoms in total. The predicted molar refractivity (Wildman–Crippen MR) is 360 cm³/mol. The largest absolute Gasteiger partial charge is 0.121 e. The van der Waals surface area contributed by atoms with Crippen LogP contribution in [0.25, 0.3) is 95.3 Å². The average Bonchev–Trinajstić information content (AvgIpc) is 2.54. The highest BCUT2D eigenvalue weighted by Gasteiger charge is 2.37. The first kappa shape index (κ1) is 55.5. The third-order valence-corrected chi connectivity index (χ3v) is 15.8. The van der Waals surface area contributed by atoms with Gasteiger partial charge >= 0.3 is 0 Å². The molecule has 0 bridgehead atoms. The normalized spacial score (nSPS) is 17.7. The van der Waals surface area contributed by atoms with E-state index in [0.29, 0.717) is 0 Å². The second-order valence-corrected chi connectivity index (χ2v) is 20.8. The van der Waals surface area contributed by atoms with Gasteiger partial charge in [-0.3, -0.25) is 0 Å². The number of hydrogen-bond donors (Lipinski definition) is 0. The van der Waals surface area contributed by atoms with E-state index >= 15 is 0 Å². The minimum Gasteiger partial charge on any atom is -0.121 e. The molecule has 1 atom stereocenters. The standard InChI is InChI=1S/C75H60.C6H6.CH4/c1-8-12-20-36-55-39-40-65-73(61(55)10-3)62(11-4)74-72(60-45-57(53-30-22-15-16-23-31-53)43-58(46-60)54-34-26-19-27-35-54)68-47-66-51(7)70-63(37-13-9-2)50(6)29-21-14-17-28-38-64(70)67(66)48-69(68)71(75(65)74)59-42-49(5)41-56(44-59)52-32-24-18-25-33-52;1-2-4-6-5-3-1;/h8-15,17-27,29-48,51H,2-3,6,28H2,1,4-5,7H3;1-6H;1H4/b12-8-,17-14-,29-21-,36-20-,37-13-,62-11+,64-38-,70-63-;;. The Kier molecular flexibility index (Phi) is 17.0. The maximum Gasteiger partial charge on any atom is 0.00795 e. The molecule has 398 valence electrons. The topological polar surface area (TPSA) is 0 Å². The number of allylic oxidation sites excluding steroid dienone is 21. The number of rotatable bonds is 10. The molecule has 82 heavy (non-hydrogen) atoms. The molecule has 0 aromatic heterocycles. The van der Waals surface area contributed by atoms with E-state index in [1.54, 1.807) is 0 Å². The van der Waals surface area contributed by atoms with Crippen molar-refractivity contribution in [1.29, 1.82) is 0 Å². The third kappa shape index (κ3) is 10.8. The summed E-state index contributed by atoms with van der Waals surface area (Å²) in [4.78, 5) is 0. The Bertz CT molecular complexity index is 4180. The maximum atomic E-state index is 4.66. The minimum atomic E-state index is 0. The molecule has 0 spiro atoms. The van der Waals surface area contributed by atoms with Crippen LogP contribution >= 0.6 is 0 Å². The van der Waals surface area contributed by atoms with Crippen LogP contribution in [0, 0.1) is 6.92 Å². The quantitative estimate of drug-likeness (QED) is 0.0946. The summed E-state index contributed by atoms with van der Waals surface area (Å²) >= 11 is 0. The van der Waals surface area contributed by atoms with Gasteiger partial charge in [-0.1, -0.05) is 253 Å². The van der Waals surface area contributed by atoms with E-state index in [-0.39, 0.29) is 13.3 Å². The summed E-state index contributed by atoms with van der Waals surface area (Å²) < 4.78 is 0. The van der Waals surface area contributed by atoms with Crippen LogP contribution in [0.4, 0.5) is 0 Å². The lowest BCUT2D eigenvalue weighted by molar-refractivity contribution is 0.951. The molecule has 8 aromatic rings. The van der Waals surface area contributed by atoms with Gasteiger partial charge in [-0.15, -0.1) is 5.73 Å². The Hall–Kier alpha value is -9.84. The number of benzene rings is 8. The van der Waals surface area contributed by atoms with Crippen molar-refractivity contribution in [3.05, 3.63) is 348 Å². The van der Waals surface area contributed by atoms with E-state index < -0.39 is 0 Å². The first-order valence-electron chi connectivity index (χ1n) is 28.2. The second-order valence-electron chi connectivity index (χ2n) is 20.8. The molecule has 0 N–H and O–H groups in total. The van der Waals surface area contributed by atoms with Crippen molar-refractivity contribution in [2.45, 2.75) is 47.5 Å². The summed E-state index contributed by atoms with van der Waals surface area (Å²) in [7, 11) is 0. The molecule has 0 aliphatic heterocycles. The van der Waals surface area contributed by atoms with Crippen molar-refractivity contribution in [3.63, 3.8) is 0 Å². The first-order chi connectivity index (χ1) is 39.8. The van der Waals surface area contributed by atoms with Gasteiger partial charge in [-0.25, -0.2) is 0 Å². The van der Waals surface area contributed by atoms with Crippen LogP contribution in [-0.2, 0) is 0 Å². The fourth-order valence-corrected chi connectivity index (χ4v) is 12.2. The molecule has 0 saturated heterocycles. The van der Waals surface area contributed by atoms with Crippen molar-refractivity contribution in [3.8, 4) is 55.6 Å². The predicted octanol–water partition coefficient (Wildman–Crippen LogP) is 23.1. The molecule has 1 unspecified atom stereocenters. The maximum absolute atomic E-state index is 4.66. The fourth-order valence-electron chi connectivity index (χ4n) is 12.2. The molecule has 12 rings (SSSR count). The zero-order chi connectivity index (χ0) is 55.8. The van der Waals surface area contributed by atoms with Crippen LogP contribution in [0.2, 0.25) is 0 Å². The van der Waals surface area contributed by atoms with Gasteiger partial charge in [0.2, 0.25) is 0 Å². The molecule has 0 radical (unpaired) electrons. The van der Waals surface area contributed by atoms with Crippen molar-refractivity contribution in [2.75, 3.05) is 0 Å². The monoisotopic (exact) mass is 1050 g/mol. The minimum absolute atomic E-state index is 0. The van der Waals surface area contributed by atoms with Gasteiger partial charge in [-0.05, 0) is 226 Å². The molecule has 0 fully saturated rings. The SMILES string of the molecule is C.C=C\C=C/C1=C2/C(=C\C/C=C\C=C/C1=C)c1cc3c(-c4cc(C)cc(-c5ccccc5)c4)c4c(c(-c5cc(C6=CC=C=CC=C6)cc(-c6ccccc6)c5)c3cc1C2C)/C(=C/C)c1c-4ccc(/C=C\C=C/C)c1C=C.c1ccccc1. The van der Waals surface area contributed by atoms with Gasteiger partial charge in [0, 0.05) is 5.92 Å². The average molecular weight is 1060 g/mol. The highest BCUT2D eigenvalue weighted by Crippen LogP contribution is 2.60. The van der Waals surface area contributed by atoms with E-state index in [4.69, 9.17) is 0 Å². The van der Waals surface area contributed by atoms with E-state index in [1.165, 1.54) is 99.8 Å². The Morgan fingerprint density at radius 1 is 0.561 bits per heavy atom. The van der Waals surface area contributed by atoms with Gasteiger partial charge in [0.1, 0.15) is 0 Å². The summed E-state index contributed by atoms with van der Waals surface area (Å²) in [6.07, 6.45) is 41.4. The highest BCUT2D eigenvalue weighted by atomic mass is 14.4. The van der Waals surface area contributed by atoms with Crippen molar-refractivity contribution < 1.29 is 0 Å². The molecule has 4 aliphatic rings. The Labute approximate surface area is 487 Å². The third-order valence-electron chi connectivity index (χ3n) is 15.8. The smallest absolute Gasteiger partial charge is 0.00795 e. The van der Waals surface area contributed by atoms with Crippen LogP contribution in [0.5, 0.6) is 0 Å². The Balaban J connectivity index is 0.00000101. The lowest BCUT2D eigenvalue weighted by atomic mass is 9.79. The highest BCUT2D eigenvalue weighted by molar-refractivity contribution is 6.23. The summed E-state index contributed by atoms with van der Waals surface area (Å²) in [5.41, 5.74) is 31.9. The van der Waals surface area contributed by atoms with Gasteiger partial charge < -0.3 is 0 Å². The van der Waals surface area contributed by atoms with Crippen LogP contribution in [0.15, 0.2) is 303 Å². The van der Waals surface area contributed by atoms with Gasteiger partial charge in [0.15, 0.2) is 0 Å². The number of hydrogen-bond acceptors (Lipinski definition) is 0. The summed E-state index contributed by atoms with van der Waals surface area (Å²) in [6.45, 7) is 22.2. The molecular formula is C82H70. The zero-order valence-corrected chi connectivity index (χ0v) is 46.9. The Morgan fingerprint density at radius 3 is 1.88 bits per heavy atom. The zero-order valence-electron chi connectivity index (χ0n) is 46.9. The van der Waals surface area contributed by atoms with Gasteiger partial charge in [-0.2, -0.15) is 0 Å². The van der Waals surface area contributed by atoms with Crippen LogP contribution in [0.1, 0.15) is 85.0 Å². The molecule has 4 aliphatic carbocycles. The van der Waals surface area contributed by atoms with Crippen LogP contribution in [0.3, 0.4) is 0 Å². The molecule has 0 saturated carbocycles. The second kappa shape index (κ2) is 25.1. The molecule has 0 amide bonds. The summed E-state index contributed by atoms with van der Waals surface area (Å²) in [6, 6.07) is 57.8. The number of fused-ring (bicyclic) bond motifs is 7. The molecular weight excluding hydrogens is 985 g/mol. The van der Waals surface area contributed by atoms with Crippen molar-refractivity contribution in [2.24, 2.45) is 0 Å². The van der Waals surface area contributed by atoms with E-state index in [9.17, 15) is 0 Å². The van der Waals surface area contributed by atoms with Gasteiger partial charge in [0.05, 0.1) is 0 Å². The summed E-state index contributed by atoms with van der Waals surface area (Å²) in [5, 5.41) is 2.43.